The van der Waals surface area contributed by atoms with Gasteiger partial charge in [-0.25, -0.2) is 0 Å². The van der Waals surface area contributed by atoms with Crippen molar-refractivity contribution in [1.82, 2.24) is 19.6 Å². The van der Waals surface area contributed by atoms with E-state index in [1.165, 1.54) is 26.9 Å². The number of amides is 3. The van der Waals surface area contributed by atoms with Crippen LogP contribution >= 0.6 is 0 Å². The summed E-state index contributed by atoms with van der Waals surface area (Å²) in [6.07, 6.45) is 2.90. The zero-order valence-electron chi connectivity index (χ0n) is 15.4. The van der Waals surface area contributed by atoms with Gasteiger partial charge in [0.25, 0.3) is 0 Å². The molecular weight excluding hydrogens is 334 g/mol. The second-order valence-electron chi connectivity index (χ2n) is 6.32. The van der Waals surface area contributed by atoms with Crippen molar-refractivity contribution in [2.45, 2.75) is 20.0 Å². The highest BCUT2D eigenvalue weighted by Gasteiger charge is 2.19. The van der Waals surface area contributed by atoms with Crippen molar-refractivity contribution in [1.29, 1.82) is 0 Å². The minimum Gasteiger partial charge on any atom is -0.347 e. The van der Waals surface area contributed by atoms with E-state index in [1.807, 2.05) is 31.2 Å². The second kappa shape index (κ2) is 8.28. The lowest BCUT2D eigenvalue weighted by Crippen LogP contribution is -2.36. The Bertz CT molecular complexity index is 795. The molecule has 1 heterocycles. The fourth-order valence-corrected chi connectivity index (χ4v) is 2.19. The quantitative estimate of drug-likeness (QED) is 0.805. The van der Waals surface area contributed by atoms with Gasteiger partial charge in [-0.2, -0.15) is 5.10 Å². The molecule has 0 bridgehead atoms. The van der Waals surface area contributed by atoms with Gasteiger partial charge < -0.3 is 15.1 Å². The van der Waals surface area contributed by atoms with Crippen LogP contribution in [0.25, 0.3) is 0 Å². The first kappa shape index (κ1) is 19.2. The maximum atomic E-state index is 12.2. The van der Waals surface area contributed by atoms with E-state index in [0.717, 1.165) is 11.1 Å². The van der Waals surface area contributed by atoms with E-state index >= 15 is 0 Å². The lowest BCUT2D eigenvalue weighted by Gasteiger charge is -2.16. The fraction of sp³-hybridized carbons (Fsp3) is 0.333. The molecule has 2 rings (SSSR count). The lowest BCUT2D eigenvalue weighted by atomic mass is 10.1. The highest BCUT2D eigenvalue weighted by molar-refractivity contribution is 6.39. The Morgan fingerprint density at radius 1 is 1.12 bits per heavy atom. The zero-order valence-corrected chi connectivity index (χ0v) is 15.4. The van der Waals surface area contributed by atoms with Gasteiger partial charge in [0.1, 0.15) is 6.54 Å². The third-order valence-electron chi connectivity index (χ3n) is 3.77. The van der Waals surface area contributed by atoms with Gasteiger partial charge in [0, 0.05) is 33.9 Å². The highest BCUT2D eigenvalue weighted by atomic mass is 16.2. The molecule has 0 aliphatic carbocycles. The van der Waals surface area contributed by atoms with Crippen LogP contribution in [0, 0.1) is 6.92 Å². The topological polar surface area (TPSA) is 87.5 Å². The standard InChI is InChI=1S/C18H23N5O3/c1-13-5-7-14(8-6-13)10-22(4)18(26)17(25)20-15-9-19-23(11-15)12-16(24)21(2)3/h5-9,11H,10,12H2,1-4H3,(H,20,25). The summed E-state index contributed by atoms with van der Waals surface area (Å²) in [6.45, 7) is 2.38. The van der Waals surface area contributed by atoms with Gasteiger partial charge in [-0.05, 0) is 12.5 Å². The van der Waals surface area contributed by atoms with E-state index in [4.69, 9.17) is 0 Å². The Labute approximate surface area is 152 Å². The second-order valence-corrected chi connectivity index (χ2v) is 6.32. The number of anilines is 1. The first-order valence-corrected chi connectivity index (χ1v) is 8.11. The molecule has 1 N–H and O–H groups in total. The molecule has 26 heavy (non-hydrogen) atoms. The molecular formula is C18H23N5O3. The van der Waals surface area contributed by atoms with Crippen LogP contribution in [0.1, 0.15) is 11.1 Å². The normalized spacial score (nSPS) is 10.3. The number of aromatic nitrogens is 2. The molecule has 0 saturated heterocycles. The zero-order chi connectivity index (χ0) is 19.3. The number of carbonyl (C=O) groups excluding carboxylic acids is 3. The van der Waals surface area contributed by atoms with Crippen molar-refractivity contribution in [3.8, 4) is 0 Å². The first-order valence-electron chi connectivity index (χ1n) is 8.11. The minimum atomic E-state index is -0.752. The average molecular weight is 357 g/mol. The Morgan fingerprint density at radius 3 is 2.38 bits per heavy atom. The van der Waals surface area contributed by atoms with Crippen molar-refractivity contribution < 1.29 is 14.4 Å². The number of likely N-dealkylation sites (N-methyl/N-ethyl adjacent to an activating group) is 2. The molecule has 3 amide bonds. The number of hydrogen-bond acceptors (Lipinski definition) is 4. The summed E-state index contributed by atoms with van der Waals surface area (Å²) in [5, 5.41) is 6.50. The molecule has 1 aromatic carbocycles. The molecule has 0 radical (unpaired) electrons. The van der Waals surface area contributed by atoms with E-state index in [-0.39, 0.29) is 12.5 Å². The molecule has 138 valence electrons. The predicted molar refractivity (Wildman–Crippen MR) is 97.2 cm³/mol. The first-order chi connectivity index (χ1) is 12.3. The number of carbonyl (C=O) groups is 3. The van der Waals surface area contributed by atoms with Crippen LogP contribution in [0.4, 0.5) is 5.69 Å². The summed E-state index contributed by atoms with van der Waals surface area (Å²) >= 11 is 0. The average Bonchev–Trinajstić information content (AvgIpc) is 3.02. The smallest absolute Gasteiger partial charge is 0.313 e. The molecule has 0 aliphatic heterocycles. The van der Waals surface area contributed by atoms with Crippen molar-refractivity contribution >= 4 is 23.4 Å². The summed E-state index contributed by atoms with van der Waals surface area (Å²) in [6, 6.07) is 7.75. The Balaban J connectivity index is 1.92. The molecule has 8 heteroatoms. The van der Waals surface area contributed by atoms with Crippen LogP contribution in [-0.2, 0) is 27.5 Å². The highest BCUT2D eigenvalue weighted by Crippen LogP contribution is 2.08. The number of benzene rings is 1. The van der Waals surface area contributed by atoms with Gasteiger partial charge in [0.2, 0.25) is 5.91 Å². The Kier molecular flexibility index (Phi) is 6.11. The van der Waals surface area contributed by atoms with E-state index in [0.29, 0.717) is 12.2 Å². The third-order valence-corrected chi connectivity index (χ3v) is 3.77. The van der Waals surface area contributed by atoms with Crippen LogP contribution in [0.3, 0.4) is 0 Å². The number of rotatable bonds is 5. The number of nitrogens with one attached hydrogen (secondary N) is 1. The van der Waals surface area contributed by atoms with Crippen LogP contribution in [0.5, 0.6) is 0 Å². The molecule has 0 saturated carbocycles. The van der Waals surface area contributed by atoms with Gasteiger partial charge in [-0.3, -0.25) is 19.1 Å². The van der Waals surface area contributed by atoms with Crippen LogP contribution in [0.2, 0.25) is 0 Å². The van der Waals surface area contributed by atoms with E-state index < -0.39 is 11.8 Å². The van der Waals surface area contributed by atoms with Crippen LogP contribution < -0.4 is 5.32 Å². The van der Waals surface area contributed by atoms with Gasteiger partial charge >= 0.3 is 11.8 Å². The maximum absolute atomic E-state index is 12.2. The Morgan fingerprint density at radius 2 is 1.77 bits per heavy atom. The number of nitrogens with zero attached hydrogens (tertiary/aromatic N) is 4. The SMILES string of the molecule is Cc1ccc(CN(C)C(=O)C(=O)Nc2cnn(CC(=O)N(C)C)c2)cc1. The van der Waals surface area contributed by atoms with Gasteiger partial charge in [0.15, 0.2) is 0 Å². The van der Waals surface area contributed by atoms with E-state index in [1.54, 1.807) is 21.1 Å². The molecule has 8 nitrogen and oxygen atoms in total. The molecule has 0 aliphatic rings. The monoisotopic (exact) mass is 357 g/mol. The van der Waals surface area contributed by atoms with Crippen LogP contribution in [0.15, 0.2) is 36.7 Å². The summed E-state index contributed by atoms with van der Waals surface area (Å²) in [5.74, 6) is -1.53. The fourth-order valence-electron chi connectivity index (χ4n) is 2.19. The Hall–Kier alpha value is -3.16. The predicted octanol–water partition coefficient (Wildman–Crippen LogP) is 0.877. The molecule has 2 aromatic rings. The van der Waals surface area contributed by atoms with Gasteiger partial charge in [-0.15, -0.1) is 0 Å². The largest absolute Gasteiger partial charge is 0.347 e. The minimum absolute atomic E-state index is 0.0597. The van der Waals surface area contributed by atoms with E-state index in [2.05, 4.69) is 10.4 Å². The molecule has 0 atom stereocenters. The summed E-state index contributed by atoms with van der Waals surface area (Å²) in [4.78, 5) is 38.8. The maximum Gasteiger partial charge on any atom is 0.313 e. The van der Waals surface area contributed by atoms with Gasteiger partial charge in [0.05, 0.1) is 11.9 Å². The van der Waals surface area contributed by atoms with Crippen molar-refractivity contribution in [2.24, 2.45) is 0 Å². The summed E-state index contributed by atoms with van der Waals surface area (Å²) < 4.78 is 1.40. The van der Waals surface area contributed by atoms with Crippen molar-refractivity contribution in [3.05, 3.63) is 47.8 Å². The molecule has 0 unspecified atom stereocenters. The van der Waals surface area contributed by atoms with Crippen molar-refractivity contribution in [3.63, 3.8) is 0 Å². The van der Waals surface area contributed by atoms with Crippen LogP contribution in [-0.4, -0.2) is 58.4 Å². The summed E-state index contributed by atoms with van der Waals surface area (Å²) in [7, 11) is 4.87. The lowest BCUT2D eigenvalue weighted by molar-refractivity contribution is -0.142. The molecule has 0 fully saturated rings. The van der Waals surface area contributed by atoms with E-state index in [9.17, 15) is 14.4 Å². The van der Waals surface area contributed by atoms with Crippen molar-refractivity contribution in [2.75, 3.05) is 26.5 Å². The molecule has 1 aromatic heterocycles. The summed E-state index contributed by atoms with van der Waals surface area (Å²) in [5.41, 5.74) is 2.43. The number of aryl methyl sites for hydroxylation is 1. The van der Waals surface area contributed by atoms with Gasteiger partial charge in [-0.1, -0.05) is 29.8 Å². The third kappa shape index (κ3) is 5.17. The molecule has 0 spiro atoms. The number of hydrogen-bond donors (Lipinski definition) is 1.